The van der Waals surface area contributed by atoms with Crippen LogP contribution >= 0.6 is 0 Å². The molecule has 1 aliphatic rings. The fourth-order valence-corrected chi connectivity index (χ4v) is 2.73. The third-order valence-corrected chi connectivity index (χ3v) is 3.98. The SMILES string of the molecule is CCCc1ccc(NC[C@H]2CC[C@H](N)CC2)cc1. The molecule has 2 heteroatoms. The summed E-state index contributed by atoms with van der Waals surface area (Å²) >= 11 is 0. The van der Waals surface area contributed by atoms with Crippen LogP contribution < -0.4 is 11.1 Å². The summed E-state index contributed by atoms with van der Waals surface area (Å²) in [7, 11) is 0. The molecule has 0 aromatic heterocycles. The van der Waals surface area contributed by atoms with E-state index in [0.29, 0.717) is 6.04 Å². The third kappa shape index (κ3) is 4.02. The maximum absolute atomic E-state index is 5.93. The van der Waals surface area contributed by atoms with Gasteiger partial charge in [0.2, 0.25) is 0 Å². The number of hydrogen-bond acceptors (Lipinski definition) is 2. The summed E-state index contributed by atoms with van der Waals surface area (Å²) in [4.78, 5) is 0. The summed E-state index contributed by atoms with van der Waals surface area (Å²) < 4.78 is 0. The monoisotopic (exact) mass is 246 g/mol. The summed E-state index contributed by atoms with van der Waals surface area (Å²) in [6.45, 7) is 3.32. The first kappa shape index (κ1) is 13.4. The van der Waals surface area contributed by atoms with Crippen molar-refractivity contribution in [2.24, 2.45) is 11.7 Å². The number of aryl methyl sites for hydroxylation is 1. The second-order valence-corrected chi connectivity index (χ2v) is 5.61. The van der Waals surface area contributed by atoms with Crippen molar-refractivity contribution < 1.29 is 0 Å². The van der Waals surface area contributed by atoms with Crippen molar-refractivity contribution in [1.82, 2.24) is 0 Å². The van der Waals surface area contributed by atoms with Crippen molar-refractivity contribution in [2.75, 3.05) is 11.9 Å². The molecule has 2 nitrogen and oxygen atoms in total. The molecule has 0 saturated heterocycles. The van der Waals surface area contributed by atoms with Crippen LogP contribution in [-0.2, 0) is 6.42 Å². The van der Waals surface area contributed by atoms with Gasteiger partial charge in [-0.05, 0) is 55.7 Å². The molecule has 1 aromatic carbocycles. The second-order valence-electron chi connectivity index (χ2n) is 5.61. The van der Waals surface area contributed by atoms with E-state index in [0.717, 1.165) is 12.5 Å². The molecular weight excluding hydrogens is 220 g/mol. The number of rotatable bonds is 5. The molecule has 100 valence electrons. The molecule has 1 saturated carbocycles. The maximum atomic E-state index is 5.93. The minimum atomic E-state index is 0.453. The topological polar surface area (TPSA) is 38.0 Å². The molecule has 2 rings (SSSR count). The summed E-state index contributed by atoms with van der Waals surface area (Å²) in [5, 5.41) is 3.56. The van der Waals surface area contributed by atoms with Crippen molar-refractivity contribution in [3.63, 3.8) is 0 Å². The lowest BCUT2D eigenvalue weighted by Gasteiger charge is -2.26. The van der Waals surface area contributed by atoms with Crippen molar-refractivity contribution >= 4 is 5.69 Å². The Morgan fingerprint density at radius 1 is 1.11 bits per heavy atom. The van der Waals surface area contributed by atoms with E-state index in [-0.39, 0.29) is 0 Å². The lowest BCUT2D eigenvalue weighted by atomic mass is 9.86. The predicted octanol–water partition coefficient (Wildman–Crippen LogP) is 3.57. The normalized spacial score (nSPS) is 23.9. The Bertz CT molecular complexity index is 337. The predicted molar refractivity (Wildman–Crippen MR) is 78.9 cm³/mol. The first-order valence-corrected chi connectivity index (χ1v) is 7.36. The van der Waals surface area contributed by atoms with Crippen LogP contribution in [0.25, 0.3) is 0 Å². The zero-order chi connectivity index (χ0) is 12.8. The van der Waals surface area contributed by atoms with E-state index in [1.54, 1.807) is 0 Å². The molecule has 1 aliphatic carbocycles. The molecule has 1 aromatic rings. The molecule has 3 N–H and O–H groups in total. The molecule has 0 heterocycles. The van der Waals surface area contributed by atoms with Crippen LogP contribution in [0.2, 0.25) is 0 Å². The van der Waals surface area contributed by atoms with Crippen LogP contribution in [-0.4, -0.2) is 12.6 Å². The molecule has 0 bridgehead atoms. The summed E-state index contributed by atoms with van der Waals surface area (Å²) in [5.74, 6) is 0.806. The molecule has 0 radical (unpaired) electrons. The highest BCUT2D eigenvalue weighted by atomic mass is 14.9. The Balaban J connectivity index is 1.76. The fourth-order valence-electron chi connectivity index (χ4n) is 2.73. The molecule has 0 spiro atoms. The van der Waals surface area contributed by atoms with Gasteiger partial charge in [-0.25, -0.2) is 0 Å². The number of benzene rings is 1. The standard InChI is InChI=1S/C16H26N2/c1-2-3-13-6-10-16(11-7-13)18-12-14-4-8-15(17)9-5-14/h6-7,10-11,14-15,18H,2-5,8-9,12,17H2,1H3/t14-,15-. The van der Waals surface area contributed by atoms with E-state index in [9.17, 15) is 0 Å². The number of nitrogens with two attached hydrogens (primary N) is 1. The van der Waals surface area contributed by atoms with Crippen molar-refractivity contribution in [3.05, 3.63) is 29.8 Å². The quantitative estimate of drug-likeness (QED) is 0.833. The van der Waals surface area contributed by atoms with Gasteiger partial charge in [0.1, 0.15) is 0 Å². The fraction of sp³-hybridized carbons (Fsp3) is 0.625. The molecule has 18 heavy (non-hydrogen) atoms. The van der Waals surface area contributed by atoms with Crippen molar-refractivity contribution in [3.8, 4) is 0 Å². The lowest BCUT2D eigenvalue weighted by molar-refractivity contribution is 0.339. The van der Waals surface area contributed by atoms with Gasteiger partial charge in [-0.2, -0.15) is 0 Å². The van der Waals surface area contributed by atoms with Gasteiger partial charge < -0.3 is 11.1 Å². The van der Waals surface area contributed by atoms with E-state index in [4.69, 9.17) is 5.73 Å². The highest BCUT2D eigenvalue weighted by Gasteiger charge is 2.17. The van der Waals surface area contributed by atoms with Crippen LogP contribution in [0, 0.1) is 5.92 Å². The summed E-state index contributed by atoms with van der Waals surface area (Å²) in [6, 6.07) is 9.35. The van der Waals surface area contributed by atoms with Crippen molar-refractivity contribution in [2.45, 2.75) is 51.5 Å². The summed E-state index contributed by atoms with van der Waals surface area (Å²) in [6.07, 6.45) is 7.35. The molecule has 0 aliphatic heterocycles. The van der Waals surface area contributed by atoms with Gasteiger partial charge in [0.05, 0.1) is 0 Å². The zero-order valence-corrected chi connectivity index (χ0v) is 11.5. The number of anilines is 1. The van der Waals surface area contributed by atoms with Crippen LogP contribution in [0.5, 0.6) is 0 Å². The molecule has 0 amide bonds. The van der Waals surface area contributed by atoms with E-state index in [1.807, 2.05) is 0 Å². The summed E-state index contributed by atoms with van der Waals surface area (Å²) in [5.41, 5.74) is 8.62. The van der Waals surface area contributed by atoms with Crippen LogP contribution in [0.4, 0.5) is 5.69 Å². The van der Waals surface area contributed by atoms with Gasteiger partial charge >= 0.3 is 0 Å². The Kier molecular flexibility index (Phi) is 5.06. The second kappa shape index (κ2) is 6.79. The molecule has 0 unspecified atom stereocenters. The lowest BCUT2D eigenvalue weighted by Crippen LogP contribution is -2.29. The molecular formula is C16H26N2. The first-order valence-electron chi connectivity index (χ1n) is 7.36. The van der Waals surface area contributed by atoms with E-state index >= 15 is 0 Å². The number of nitrogens with one attached hydrogen (secondary N) is 1. The first-order chi connectivity index (χ1) is 8.78. The Labute approximate surface area is 111 Å². The Morgan fingerprint density at radius 3 is 2.39 bits per heavy atom. The largest absolute Gasteiger partial charge is 0.385 e. The minimum absolute atomic E-state index is 0.453. The van der Waals surface area contributed by atoms with Gasteiger partial charge in [-0.1, -0.05) is 25.5 Å². The third-order valence-electron chi connectivity index (χ3n) is 3.98. The van der Waals surface area contributed by atoms with Gasteiger partial charge in [0, 0.05) is 18.3 Å². The van der Waals surface area contributed by atoms with Gasteiger partial charge in [-0.3, -0.25) is 0 Å². The smallest absolute Gasteiger partial charge is 0.0340 e. The van der Waals surface area contributed by atoms with E-state index in [2.05, 4.69) is 36.5 Å². The zero-order valence-electron chi connectivity index (χ0n) is 11.5. The van der Waals surface area contributed by atoms with E-state index in [1.165, 1.54) is 49.8 Å². The Hall–Kier alpha value is -1.02. The van der Waals surface area contributed by atoms with E-state index < -0.39 is 0 Å². The highest BCUT2D eigenvalue weighted by molar-refractivity contribution is 5.44. The molecule has 0 atom stereocenters. The minimum Gasteiger partial charge on any atom is -0.385 e. The average molecular weight is 246 g/mol. The van der Waals surface area contributed by atoms with Crippen LogP contribution in [0.15, 0.2) is 24.3 Å². The van der Waals surface area contributed by atoms with Gasteiger partial charge in [-0.15, -0.1) is 0 Å². The van der Waals surface area contributed by atoms with Gasteiger partial charge in [0.15, 0.2) is 0 Å². The Morgan fingerprint density at radius 2 is 1.78 bits per heavy atom. The maximum Gasteiger partial charge on any atom is 0.0340 e. The average Bonchev–Trinajstić information content (AvgIpc) is 2.40. The van der Waals surface area contributed by atoms with Gasteiger partial charge in [0.25, 0.3) is 0 Å². The molecule has 1 fully saturated rings. The highest BCUT2D eigenvalue weighted by Crippen LogP contribution is 2.23. The number of hydrogen-bond donors (Lipinski definition) is 2. The van der Waals surface area contributed by atoms with Crippen molar-refractivity contribution in [1.29, 1.82) is 0 Å². The van der Waals surface area contributed by atoms with Crippen LogP contribution in [0.1, 0.15) is 44.6 Å². The van der Waals surface area contributed by atoms with Crippen LogP contribution in [0.3, 0.4) is 0 Å².